The van der Waals surface area contributed by atoms with Crippen LogP contribution in [0.25, 0.3) is 10.8 Å². The summed E-state index contributed by atoms with van der Waals surface area (Å²) in [5, 5.41) is 21.9. The van der Waals surface area contributed by atoms with E-state index >= 15 is 0 Å². The highest BCUT2D eigenvalue weighted by atomic mass is 32.2. The molecule has 0 radical (unpaired) electrons. The van der Waals surface area contributed by atoms with E-state index in [-0.39, 0.29) is 11.4 Å². The van der Waals surface area contributed by atoms with Crippen molar-refractivity contribution in [3.63, 3.8) is 0 Å². The van der Waals surface area contributed by atoms with Crippen LogP contribution in [0, 0.1) is 0 Å². The lowest BCUT2D eigenvalue weighted by molar-refractivity contribution is -0.135. The molecule has 1 aromatic heterocycles. The highest BCUT2D eigenvalue weighted by Crippen LogP contribution is 2.29. The van der Waals surface area contributed by atoms with E-state index in [1.807, 2.05) is 6.07 Å². The Kier molecular flexibility index (Phi) is 4.94. The molecule has 3 aromatic rings. The topological polar surface area (TPSA) is 117 Å². The molecule has 26 heavy (non-hydrogen) atoms. The Balaban J connectivity index is 1.95. The summed E-state index contributed by atoms with van der Waals surface area (Å²) >= 11 is 0. The second-order valence-electron chi connectivity index (χ2n) is 5.36. The number of rotatable bonds is 5. The number of fused-ring (bicyclic) bond motifs is 1. The van der Waals surface area contributed by atoms with Crippen LogP contribution in [0.2, 0.25) is 0 Å². The van der Waals surface area contributed by atoms with Gasteiger partial charge in [-0.1, -0.05) is 18.2 Å². The van der Waals surface area contributed by atoms with E-state index in [2.05, 4.69) is 10.3 Å². The number of aromatic hydroxyl groups is 1. The quantitative estimate of drug-likeness (QED) is 0.632. The molecule has 0 saturated heterocycles. The van der Waals surface area contributed by atoms with Gasteiger partial charge in [0.25, 0.3) is 5.91 Å². The van der Waals surface area contributed by atoms with Gasteiger partial charge in [-0.05, 0) is 30.3 Å². The SMILES string of the molecule is O=C(O)CNC(=O)c1ncc2cc(S(=O)c3ccccc3)ccc2c1O. The molecule has 3 rings (SSSR count). The first-order chi connectivity index (χ1) is 12.5. The van der Waals surface area contributed by atoms with E-state index in [1.165, 1.54) is 6.20 Å². The summed E-state index contributed by atoms with van der Waals surface area (Å²) in [5.41, 5.74) is -0.268. The molecule has 1 amide bonds. The molecule has 0 aliphatic heterocycles. The number of carbonyl (C=O) groups excluding carboxylic acids is 1. The molecule has 7 nitrogen and oxygen atoms in total. The van der Waals surface area contributed by atoms with Gasteiger partial charge in [0, 0.05) is 26.8 Å². The first-order valence-electron chi connectivity index (χ1n) is 7.56. The zero-order chi connectivity index (χ0) is 18.7. The van der Waals surface area contributed by atoms with Crippen molar-refractivity contribution in [2.45, 2.75) is 9.79 Å². The number of carbonyl (C=O) groups is 2. The van der Waals surface area contributed by atoms with Gasteiger partial charge in [0.1, 0.15) is 6.54 Å². The second-order valence-corrected chi connectivity index (χ2v) is 6.84. The van der Waals surface area contributed by atoms with E-state index in [0.717, 1.165) is 0 Å². The standard InChI is InChI=1S/C18H14N2O5S/c21-15(22)10-20-18(24)16-17(23)14-7-6-13(8-11(14)9-19-16)26(25)12-4-2-1-3-5-12/h1-9,23H,10H2,(H,20,24)(H,21,22). The van der Waals surface area contributed by atoms with E-state index in [0.29, 0.717) is 20.6 Å². The number of carboxylic acids is 1. The number of hydrogen-bond donors (Lipinski definition) is 3. The Labute approximate surface area is 150 Å². The molecule has 2 aromatic carbocycles. The van der Waals surface area contributed by atoms with Crippen molar-refractivity contribution in [3.05, 3.63) is 60.4 Å². The molecule has 1 atom stereocenters. The van der Waals surface area contributed by atoms with Crippen LogP contribution in [0.4, 0.5) is 0 Å². The van der Waals surface area contributed by atoms with Crippen LogP contribution < -0.4 is 5.32 Å². The number of amides is 1. The van der Waals surface area contributed by atoms with Crippen molar-refractivity contribution in [1.82, 2.24) is 10.3 Å². The molecule has 0 aliphatic rings. The molecule has 0 saturated carbocycles. The summed E-state index contributed by atoms with van der Waals surface area (Å²) in [6, 6.07) is 13.7. The fourth-order valence-electron chi connectivity index (χ4n) is 2.39. The van der Waals surface area contributed by atoms with Gasteiger partial charge in [0.05, 0.1) is 10.8 Å². The Hall–Kier alpha value is -3.26. The number of pyridine rings is 1. The average Bonchev–Trinajstić information content (AvgIpc) is 2.66. The molecule has 1 heterocycles. The van der Waals surface area contributed by atoms with Crippen LogP contribution in [0.1, 0.15) is 10.5 Å². The summed E-state index contributed by atoms with van der Waals surface area (Å²) in [5.74, 6) is -2.35. The van der Waals surface area contributed by atoms with Gasteiger partial charge in [0.2, 0.25) is 0 Å². The van der Waals surface area contributed by atoms with E-state index in [4.69, 9.17) is 5.11 Å². The molecule has 8 heteroatoms. The fraction of sp³-hybridized carbons (Fsp3) is 0.0556. The first-order valence-corrected chi connectivity index (χ1v) is 8.71. The minimum atomic E-state index is -1.39. The maximum Gasteiger partial charge on any atom is 0.322 e. The summed E-state index contributed by atoms with van der Waals surface area (Å²) < 4.78 is 12.6. The summed E-state index contributed by atoms with van der Waals surface area (Å²) in [6.07, 6.45) is 1.37. The molecule has 0 fully saturated rings. The lowest BCUT2D eigenvalue weighted by Gasteiger charge is -2.09. The molecule has 1 unspecified atom stereocenters. The monoisotopic (exact) mass is 370 g/mol. The van der Waals surface area contributed by atoms with Gasteiger partial charge in [-0.2, -0.15) is 0 Å². The molecule has 3 N–H and O–H groups in total. The lowest BCUT2D eigenvalue weighted by Crippen LogP contribution is -2.29. The van der Waals surface area contributed by atoms with Gasteiger partial charge >= 0.3 is 5.97 Å². The van der Waals surface area contributed by atoms with Gasteiger partial charge in [-0.25, -0.2) is 9.19 Å². The van der Waals surface area contributed by atoms with Gasteiger partial charge in [-0.3, -0.25) is 9.59 Å². The number of nitrogens with one attached hydrogen (secondary N) is 1. The molecule has 0 bridgehead atoms. The van der Waals surface area contributed by atoms with Crippen molar-refractivity contribution < 1.29 is 24.0 Å². The smallest absolute Gasteiger partial charge is 0.322 e. The number of benzene rings is 2. The predicted molar refractivity (Wildman–Crippen MR) is 94.5 cm³/mol. The number of hydrogen-bond acceptors (Lipinski definition) is 5. The minimum Gasteiger partial charge on any atom is -0.505 e. The predicted octanol–water partition coefficient (Wildman–Crippen LogP) is 1.92. The average molecular weight is 370 g/mol. The highest BCUT2D eigenvalue weighted by Gasteiger charge is 2.17. The zero-order valence-corrected chi connectivity index (χ0v) is 14.2. The summed E-state index contributed by atoms with van der Waals surface area (Å²) in [7, 11) is -1.39. The fourth-order valence-corrected chi connectivity index (χ4v) is 3.49. The van der Waals surface area contributed by atoms with Crippen LogP contribution in [-0.2, 0) is 15.6 Å². The number of carboxylic acid groups (broad SMARTS) is 1. The van der Waals surface area contributed by atoms with Crippen LogP contribution in [-0.4, -0.2) is 37.8 Å². The van der Waals surface area contributed by atoms with Gasteiger partial charge in [-0.15, -0.1) is 0 Å². The maximum absolute atomic E-state index is 12.6. The molecule has 132 valence electrons. The Bertz CT molecular complexity index is 1020. The van der Waals surface area contributed by atoms with Crippen molar-refractivity contribution in [1.29, 1.82) is 0 Å². The molecule has 0 spiro atoms. The largest absolute Gasteiger partial charge is 0.505 e. The maximum atomic E-state index is 12.6. The first kappa shape index (κ1) is 17.6. The second kappa shape index (κ2) is 7.32. The Morgan fingerprint density at radius 1 is 1.08 bits per heavy atom. The third kappa shape index (κ3) is 3.55. The van der Waals surface area contributed by atoms with Crippen molar-refractivity contribution in [2.24, 2.45) is 0 Å². The van der Waals surface area contributed by atoms with E-state index < -0.39 is 29.2 Å². The van der Waals surface area contributed by atoms with Crippen LogP contribution in [0.3, 0.4) is 0 Å². The van der Waals surface area contributed by atoms with Crippen LogP contribution >= 0.6 is 0 Å². The minimum absolute atomic E-state index is 0.268. The normalized spacial score (nSPS) is 11.8. The van der Waals surface area contributed by atoms with E-state index in [9.17, 15) is 18.9 Å². The third-order valence-electron chi connectivity index (χ3n) is 3.62. The van der Waals surface area contributed by atoms with Crippen molar-refractivity contribution >= 4 is 33.4 Å². The van der Waals surface area contributed by atoms with Crippen molar-refractivity contribution in [3.8, 4) is 5.75 Å². The van der Waals surface area contributed by atoms with Gasteiger partial charge in [0.15, 0.2) is 11.4 Å². The number of aromatic nitrogens is 1. The zero-order valence-electron chi connectivity index (χ0n) is 13.4. The summed E-state index contributed by atoms with van der Waals surface area (Å²) in [4.78, 5) is 27.5. The van der Waals surface area contributed by atoms with Crippen molar-refractivity contribution in [2.75, 3.05) is 6.54 Å². The number of nitrogens with zero attached hydrogens (tertiary/aromatic N) is 1. The molecular formula is C18H14N2O5S. The Morgan fingerprint density at radius 3 is 2.50 bits per heavy atom. The van der Waals surface area contributed by atoms with Crippen LogP contribution in [0.15, 0.2) is 64.5 Å². The van der Waals surface area contributed by atoms with Crippen LogP contribution in [0.5, 0.6) is 5.75 Å². The lowest BCUT2D eigenvalue weighted by atomic mass is 10.1. The van der Waals surface area contributed by atoms with E-state index in [1.54, 1.807) is 42.5 Å². The number of aliphatic carboxylic acids is 1. The molecular weight excluding hydrogens is 356 g/mol. The van der Waals surface area contributed by atoms with Gasteiger partial charge < -0.3 is 15.5 Å². The summed E-state index contributed by atoms with van der Waals surface area (Å²) in [6.45, 7) is -0.576. The Morgan fingerprint density at radius 2 is 1.81 bits per heavy atom. The molecule has 0 aliphatic carbocycles. The highest BCUT2D eigenvalue weighted by molar-refractivity contribution is 7.85. The third-order valence-corrected chi connectivity index (χ3v) is 5.00.